The second kappa shape index (κ2) is 19.8. The molecule has 0 radical (unpaired) electrons. The summed E-state index contributed by atoms with van der Waals surface area (Å²) in [5.74, 6) is 0.820. The summed E-state index contributed by atoms with van der Waals surface area (Å²) >= 11 is 0. The van der Waals surface area contributed by atoms with Gasteiger partial charge < -0.3 is 5.11 Å². The van der Waals surface area contributed by atoms with Crippen LogP contribution in [0, 0.1) is 0 Å². The molecular formula is C72H57N3O. The van der Waals surface area contributed by atoms with Crippen molar-refractivity contribution in [3.8, 4) is 89.7 Å². The lowest BCUT2D eigenvalue weighted by molar-refractivity contribution is 0.479. The van der Waals surface area contributed by atoms with Gasteiger partial charge in [-0.15, -0.1) is 0 Å². The summed E-state index contributed by atoms with van der Waals surface area (Å²) in [5.41, 5.74) is 19.9. The molecule has 0 unspecified atom stereocenters. The Hall–Kier alpha value is -9.38. The molecule has 12 rings (SSSR count). The monoisotopic (exact) mass is 979 g/mol. The van der Waals surface area contributed by atoms with E-state index in [1.54, 1.807) is 0 Å². The molecule has 12 aromatic rings. The maximum Gasteiger partial charge on any atom is 0.149 e. The van der Waals surface area contributed by atoms with Crippen molar-refractivity contribution < 1.29 is 5.11 Å². The minimum absolute atomic E-state index is 0.0922. The van der Waals surface area contributed by atoms with Gasteiger partial charge in [0.1, 0.15) is 11.6 Å². The molecule has 1 N–H and O–H groups in total. The molecular weight excluding hydrogens is 923 g/mol. The van der Waals surface area contributed by atoms with Crippen molar-refractivity contribution in [2.45, 2.75) is 38.5 Å². The fourth-order valence-corrected chi connectivity index (χ4v) is 10.9. The predicted octanol–water partition coefficient (Wildman–Crippen LogP) is 18.4. The quantitative estimate of drug-likeness (QED) is 0.131. The average molecular weight is 980 g/mol. The molecule has 10 aromatic carbocycles. The highest BCUT2D eigenvalue weighted by molar-refractivity contribution is 5.99. The van der Waals surface area contributed by atoms with Gasteiger partial charge in [0.2, 0.25) is 0 Å². The zero-order chi connectivity index (χ0) is 51.8. The molecule has 366 valence electrons. The largest absolute Gasteiger partial charge is 0.507 e. The molecule has 2 aromatic heterocycles. The second-order valence-corrected chi connectivity index (χ2v) is 20.9. The van der Waals surface area contributed by atoms with Crippen molar-refractivity contribution in [1.29, 1.82) is 0 Å². The number of phenols is 1. The summed E-state index contributed by atoms with van der Waals surface area (Å²) in [6, 6.07) is 92.1. The fraction of sp³-hybridized carbons (Fsp3) is 0.0833. The topological polar surface area (TPSA) is 50.9 Å². The zero-order valence-corrected chi connectivity index (χ0v) is 43.2. The van der Waals surface area contributed by atoms with Crippen LogP contribution in [0.3, 0.4) is 0 Å². The van der Waals surface area contributed by atoms with Crippen molar-refractivity contribution in [2.24, 2.45) is 0 Å². The van der Waals surface area contributed by atoms with E-state index in [0.29, 0.717) is 11.4 Å². The summed E-state index contributed by atoms with van der Waals surface area (Å²) in [6.45, 7) is 9.08. The third kappa shape index (κ3) is 8.88. The molecule has 0 saturated heterocycles. The van der Waals surface area contributed by atoms with Crippen LogP contribution in [0.5, 0.6) is 5.75 Å². The van der Waals surface area contributed by atoms with Crippen molar-refractivity contribution in [3.63, 3.8) is 0 Å². The SMILES string of the molecule is CC(C)(C)c1ccc(-n2c(-c3cccc(-c4ccccc4)c3O)nc3c(-c4cc(-c5ccccc5)cc(-c5cc(-c6ccc(C(C)(c7ccccc7)c7ccccc7)cc6)ccn5)c4)cccc32)c(-c2ccccc2)c1. The molecule has 0 fully saturated rings. The first-order chi connectivity index (χ1) is 37.1. The van der Waals surface area contributed by atoms with Crippen LogP contribution in [0.15, 0.2) is 267 Å². The predicted molar refractivity (Wildman–Crippen MR) is 316 cm³/mol. The van der Waals surface area contributed by atoms with E-state index in [1.165, 1.54) is 22.3 Å². The number of phenolic OH excluding ortho intramolecular Hbond substituents is 1. The molecule has 0 aliphatic carbocycles. The van der Waals surface area contributed by atoms with Crippen LogP contribution >= 0.6 is 0 Å². The minimum Gasteiger partial charge on any atom is -0.507 e. The number of hydrogen-bond donors (Lipinski definition) is 1. The standard InChI is InChI=1S/C72H57N3O/c1-71(2,3)60-40-41-66(64(48-60)52-26-14-7-15-27-52)75-67-35-21-32-61(68(67)74-70(75)63-34-20-33-62(69(63)76)51-24-12-6-13-25-51)55-44-54(49-22-10-5-11-23-49)45-56(46-55)65-47-53(42-43-73-65)50-36-38-59(39-37-50)72(4,57-28-16-8-17-29-57)58-30-18-9-19-31-58/h5-48,76H,1-4H3. The first-order valence-electron chi connectivity index (χ1n) is 26.1. The second-order valence-electron chi connectivity index (χ2n) is 20.9. The Labute approximate surface area is 446 Å². The van der Waals surface area contributed by atoms with E-state index < -0.39 is 0 Å². The number of para-hydroxylation sites is 2. The van der Waals surface area contributed by atoms with Gasteiger partial charge in [-0.1, -0.05) is 227 Å². The van der Waals surface area contributed by atoms with Crippen LogP contribution in [0.4, 0.5) is 0 Å². The molecule has 0 amide bonds. The van der Waals surface area contributed by atoms with Gasteiger partial charge in [0.15, 0.2) is 0 Å². The van der Waals surface area contributed by atoms with Gasteiger partial charge in [0.05, 0.1) is 28.0 Å². The van der Waals surface area contributed by atoms with E-state index in [9.17, 15) is 5.11 Å². The van der Waals surface area contributed by atoms with E-state index in [2.05, 4.69) is 245 Å². The molecule has 0 atom stereocenters. The van der Waals surface area contributed by atoms with E-state index >= 15 is 0 Å². The molecule has 0 aliphatic rings. The number of nitrogens with zero attached hydrogens (tertiary/aromatic N) is 3. The lowest BCUT2D eigenvalue weighted by Crippen LogP contribution is -2.25. The van der Waals surface area contributed by atoms with Gasteiger partial charge in [-0.3, -0.25) is 9.55 Å². The Morgan fingerprint density at radius 2 is 0.855 bits per heavy atom. The van der Waals surface area contributed by atoms with Crippen molar-refractivity contribution in [3.05, 3.63) is 289 Å². The van der Waals surface area contributed by atoms with Gasteiger partial charge >= 0.3 is 0 Å². The van der Waals surface area contributed by atoms with Crippen molar-refractivity contribution >= 4 is 11.0 Å². The highest BCUT2D eigenvalue weighted by atomic mass is 16.3. The number of imidazole rings is 1. The Morgan fingerprint density at radius 1 is 0.355 bits per heavy atom. The van der Waals surface area contributed by atoms with Crippen LogP contribution in [-0.2, 0) is 10.8 Å². The van der Waals surface area contributed by atoms with Gasteiger partial charge in [0.25, 0.3) is 0 Å². The zero-order valence-electron chi connectivity index (χ0n) is 43.2. The van der Waals surface area contributed by atoms with Gasteiger partial charge in [0, 0.05) is 33.9 Å². The van der Waals surface area contributed by atoms with Crippen LogP contribution in [0.1, 0.15) is 49.9 Å². The molecule has 0 aliphatic heterocycles. The molecule has 4 heteroatoms. The highest BCUT2D eigenvalue weighted by Crippen LogP contribution is 2.45. The van der Waals surface area contributed by atoms with Crippen molar-refractivity contribution in [2.75, 3.05) is 0 Å². The van der Waals surface area contributed by atoms with Crippen LogP contribution in [0.25, 0.3) is 95.0 Å². The molecule has 76 heavy (non-hydrogen) atoms. The minimum atomic E-state index is -0.341. The van der Waals surface area contributed by atoms with E-state index in [-0.39, 0.29) is 16.6 Å². The van der Waals surface area contributed by atoms with Crippen molar-refractivity contribution in [1.82, 2.24) is 14.5 Å². The van der Waals surface area contributed by atoms with E-state index in [4.69, 9.17) is 9.97 Å². The highest BCUT2D eigenvalue weighted by Gasteiger charge is 2.31. The maximum atomic E-state index is 12.4. The number of aromatic nitrogens is 3. The fourth-order valence-electron chi connectivity index (χ4n) is 10.9. The van der Waals surface area contributed by atoms with Gasteiger partial charge in [-0.05, 0) is 128 Å². The molecule has 0 saturated carbocycles. The Balaban J connectivity index is 1.03. The maximum absolute atomic E-state index is 12.4. The number of aromatic hydroxyl groups is 1. The number of pyridine rings is 1. The summed E-state index contributed by atoms with van der Waals surface area (Å²) in [5, 5.41) is 12.4. The number of hydrogen-bond acceptors (Lipinski definition) is 3. The molecule has 0 spiro atoms. The first kappa shape index (κ1) is 47.6. The van der Waals surface area contributed by atoms with E-state index in [1.807, 2.05) is 54.7 Å². The molecule has 4 nitrogen and oxygen atoms in total. The normalized spacial score (nSPS) is 11.7. The molecule has 0 bridgehead atoms. The average Bonchev–Trinajstić information content (AvgIpc) is 3.89. The van der Waals surface area contributed by atoms with Gasteiger partial charge in [-0.25, -0.2) is 4.98 Å². The molecule has 2 heterocycles. The Kier molecular flexibility index (Phi) is 12.4. The van der Waals surface area contributed by atoms with E-state index in [0.717, 1.165) is 83.6 Å². The van der Waals surface area contributed by atoms with Crippen LogP contribution < -0.4 is 0 Å². The summed E-state index contributed by atoms with van der Waals surface area (Å²) in [7, 11) is 0. The lowest BCUT2D eigenvalue weighted by atomic mass is 9.71. The third-order valence-corrected chi connectivity index (χ3v) is 15.1. The Morgan fingerprint density at radius 3 is 1.49 bits per heavy atom. The Bertz CT molecular complexity index is 3970. The van der Waals surface area contributed by atoms with Crippen LogP contribution in [-0.4, -0.2) is 19.6 Å². The number of fused-ring (bicyclic) bond motifs is 1. The lowest BCUT2D eigenvalue weighted by Gasteiger charge is -2.32. The number of rotatable bonds is 11. The summed E-state index contributed by atoms with van der Waals surface area (Å²) in [6.07, 6.45) is 1.92. The number of benzene rings is 10. The summed E-state index contributed by atoms with van der Waals surface area (Å²) < 4.78 is 2.25. The van der Waals surface area contributed by atoms with Gasteiger partial charge in [-0.2, -0.15) is 0 Å². The smallest absolute Gasteiger partial charge is 0.149 e. The van der Waals surface area contributed by atoms with Crippen LogP contribution in [0.2, 0.25) is 0 Å². The summed E-state index contributed by atoms with van der Waals surface area (Å²) in [4.78, 5) is 10.7. The third-order valence-electron chi connectivity index (χ3n) is 15.1. The first-order valence-corrected chi connectivity index (χ1v) is 26.1.